The molecule has 10 heteroatoms. The number of alkyl halides is 3. The van der Waals surface area contributed by atoms with Gasteiger partial charge in [0.05, 0.1) is 11.1 Å². The molecule has 0 aliphatic carbocycles. The second-order valence-corrected chi connectivity index (χ2v) is 9.39. The summed E-state index contributed by atoms with van der Waals surface area (Å²) in [6, 6.07) is 10.7. The topological polar surface area (TPSA) is 78.0 Å². The molecule has 0 bridgehead atoms. The third-order valence-corrected chi connectivity index (χ3v) is 7.05. The number of fused-ring (bicyclic) bond motifs is 1. The van der Waals surface area contributed by atoms with Crippen molar-refractivity contribution < 1.29 is 13.2 Å². The van der Waals surface area contributed by atoms with Crippen LogP contribution >= 0.6 is 0 Å². The molecule has 3 aromatic rings. The van der Waals surface area contributed by atoms with Gasteiger partial charge in [-0.2, -0.15) is 23.4 Å². The highest BCUT2D eigenvalue weighted by Crippen LogP contribution is 2.34. The zero-order valence-electron chi connectivity index (χ0n) is 20.8. The summed E-state index contributed by atoms with van der Waals surface area (Å²) in [5.41, 5.74) is 1.11. The number of benzene rings is 1. The lowest BCUT2D eigenvalue weighted by Crippen LogP contribution is -2.58. The molecule has 2 aromatic heterocycles. The van der Waals surface area contributed by atoms with E-state index in [1.54, 1.807) is 31.3 Å². The molecule has 0 saturated carbocycles. The Labute approximate surface area is 207 Å². The molecule has 1 aromatic carbocycles. The predicted molar refractivity (Wildman–Crippen MR) is 132 cm³/mol. The van der Waals surface area contributed by atoms with Crippen LogP contribution in [-0.4, -0.2) is 44.6 Å². The number of nitrogens with zero attached hydrogens (tertiary/aromatic N) is 6. The molecule has 1 aliphatic heterocycles. The Balaban J connectivity index is 1.69. The number of aryl methyl sites for hydroxylation is 1. The Kier molecular flexibility index (Phi) is 7.05. The average molecular weight is 499 g/mol. The van der Waals surface area contributed by atoms with Crippen LogP contribution in [0.1, 0.15) is 56.5 Å². The van der Waals surface area contributed by atoms with E-state index in [4.69, 9.17) is 0 Å². The number of piperazine rings is 1. The van der Waals surface area contributed by atoms with Crippen LogP contribution < -0.4 is 10.6 Å². The smallest absolute Gasteiger partial charge is 0.349 e. The Hall–Kier alpha value is -3.45. The first-order valence-electron chi connectivity index (χ1n) is 12.0. The fraction of sp³-hybridized carbons (Fsp3) is 0.462. The van der Waals surface area contributed by atoms with Gasteiger partial charge in [-0.1, -0.05) is 25.5 Å². The van der Waals surface area contributed by atoms with E-state index in [0.29, 0.717) is 29.9 Å². The molecule has 1 fully saturated rings. The molecule has 190 valence electrons. The van der Waals surface area contributed by atoms with Gasteiger partial charge in [-0.3, -0.25) is 9.47 Å². The van der Waals surface area contributed by atoms with Crippen LogP contribution in [0, 0.1) is 11.3 Å². The Morgan fingerprint density at radius 3 is 2.44 bits per heavy atom. The molecule has 0 amide bonds. The lowest BCUT2D eigenvalue weighted by atomic mass is 9.97. The summed E-state index contributed by atoms with van der Waals surface area (Å²) in [7, 11) is 1.63. The second kappa shape index (κ2) is 9.90. The van der Waals surface area contributed by atoms with E-state index in [1.807, 2.05) is 13.8 Å². The zero-order valence-corrected chi connectivity index (χ0v) is 20.8. The summed E-state index contributed by atoms with van der Waals surface area (Å²) in [5.74, 6) is 0.459. The highest BCUT2D eigenvalue weighted by atomic mass is 19.4. The van der Waals surface area contributed by atoms with E-state index < -0.39 is 17.4 Å². The van der Waals surface area contributed by atoms with Crippen molar-refractivity contribution in [1.82, 2.24) is 19.4 Å². The molecule has 3 atom stereocenters. The minimum absolute atomic E-state index is 0.0506. The van der Waals surface area contributed by atoms with Crippen LogP contribution in [0.25, 0.3) is 11.0 Å². The molecule has 0 spiro atoms. The number of rotatable bonds is 5. The molecule has 3 heterocycles. The van der Waals surface area contributed by atoms with Crippen molar-refractivity contribution in [2.75, 3.05) is 18.0 Å². The molecular weight excluding hydrogens is 469 g/mol. The predicted octanol–water partition coefficient (Wildman–Crippen LogP) is 4.66. The molecule has 7 nitrogen and oxygen atoms in total. The molecule has 0 radical (unpaired) electrons. The zero-order chi connectivity index (χ0) is 26.2. The van der Waals surface area contributed by atoms with Crippen LogP contribution in [0.5, 0.6) is 0 Å². The van der Waals surface area contributed by atoms with Gasteiger partial charge in [0.15, 0.2) is 5.82 Å². The quantitative estimate of drug-likeness (QED) is 0.509. The van der Waals surface area contributed by atoms with Gasteiger partial charge < -0.3 is 4.90 Å². The first-order valence-corrected chi connectivity index (χ1v) is 12.0. The Bertz CT molecular complexity index is 1350. The lowest BCUT2D eigenvalue weighted by Gasteiger charge is -2.48. The summed E-state index contributed by atoms with van der Waals surface area (Å²) in [6.45, 7) is 7.35. The highest BCUT2D eigenvalue weighted by molar-refractivity contribution is 5.86. The number of hydrogen-bond donors (Lipinski definition) is 0. The van der Waals surface area contributed by atoms with E-state index in [-0.39, 0.29) is 23.8 Å². The third kappa shape index (κ3) is 4.80. The van der Waals surface area contributed by atoms with Gasteiger partial charge in [0.1, 0.15) is 17.3 Å². The van der Waals surface area contributed by atoms with Crippen molar-refractivity contribution in [2.24, 2.45) is 7.05 Å². The number of pyridine rings is 1. The summed E-state index contributed by atoms with van der Waals surface area (Å²) >= 11 is 0. The number of aromatic nitrogens is 3. The van der Waals surface area contributed by atoms with Crippen LogP contribution in [-0.2, 0) is 13.2 Å². The number of hydrogen-bond acceptors (Lipinski definition) is 6. The van der Waals surface area contributed by atoms with Crippen molar-refractivity contribution in [2.45, 2.75) is 57.9 Å². The minimum Gasteiger partial charge on any atom is -0.349 e. The summed E-state index contributed by atoms with van der Waals surface area (Å²) in [5, 5.41) is 9.37. The molecule has 1 saturated heterocycles. The van der Waals surface area contributed by atoms with Crippen molar-refractivity contribution in [3.8, 4) is 6.07 Å². The van der Waals surface area contributed by atoms with Crippen molar-refractivity contribution >= 4 is 16.9 Å². The molecular formula is C26H29F3N6O. The monoisotopic (exact) mass is 498 g/mol. The summed E-state index contributed by atoms with van der Waals surface area (Å²) < 4.78 is 40.5. The first kappa shape index (κ1) is 25.6. The van der Waals surface area contributed by atoms with Crippen LogP contribution in [0.15, 0.2) is 41.2 Å². The van der Waals surface area contributed by atoms with Gasteiger partial charge in [0.25, 0.3) is 0 Å². The van der Waals surface area contributed by atoms with Gasteiger partial charge in [-0.05, 0) is 50.1 Å². The fourth-order valence-electron chi connectivity index (χ4n) is 5.04. The maximum atomic E-state index is 13.0. The van der Waals surface area contributed by atoms with E-state index in [0.717, 1.165) is 30.5 Å². The largest absolute Gasteiger partial charge is 0.416 e. The van der Waals surface area contributed by atoms with E-state index >= 15 is 0 Å². The highest BCUT2D eigenvalue weighted by Gasteiger charge is 2.36. The summed E-state index contributed by atoms with van der Waals surface area (Å²) in [4.78, 5) is 25.9. The SMILES string of the molecule is CCC[C@@H]1CN(c2nc(=O)n(C)c3ccc(C#N)nc23)C(C)CN1C(C)c1ccc(C(F)(F)F)cc1. The molecule has 1 aliphatic rings. The van der Waals surface area contributed by atoms with E-state index in [1.165, 1.54) is 4.57 Å². The first-order chi connectivity index (χ1) is 17.0. The van der Waals surface area contributed by atoms with Crippen molar-refractivity contribution in [3.63, 3.8) is 0 Å². The van der Waals surface area contributed by atoms with Gasteiger partial charge in [0.2, 0.25) is 0 Å². The average Bonchev–Trinajstić information content (AvgIpc) is 2.86. The number of halogens is 3. The standard InChI is InChI=1S/C26H29F3N6O/c1-5-6-21-15-34(24-23-22(33(4)25(36)32-24)12-11-20(13-30)31-23)16(2)14-35(21)17(3)18-7-9-19(10-8-18)26(27,28)29/h7-12,16-17,21H,5-6,14-15H2,1-4H3/t16?,17?,21-/m1/s1. The second-order valence-electron chi connectivity index (χ2n) is 9.39. The van der Waals surface area contributed by atoms with Crippen molar-refractivity contribution in [1.29, 1.82) is 5.26 Å². The number of anilines is 1. The van der Waals surface area contributed by atoms with Crippen LogP contribution in [0.4, 0.5) is 19.0 Å². The third-order valence-electron chi connectivity index (χ3n) is 7.05. The van der Waals surface area contributed by atoms with Crippen LogP contribution in [0.3, 0.4) is 0 Å². The Morgan fingerprint density at radius 2 is 1.83 bits per heavy atom. The van der Waals surface area contributed by atoms with E-state index in [2.05, 4.69) is 32.8 Å². The molecule has 4 rings (SSSR count). The molecule has 36 heavy (non-hydrogen) atoms. The van der Waals surface area contributed by atoms with Gasteiger partial charge >= 0.3 is 11.9 Å². The normalized spacial score (nSPS) is 19.9. The summed E-state index contributed by atoms with van der Waals surface area (Å²) in [6.07, 6.45) is -2.58. The van der Waals surface area contributed by atoms with Crippen molar-refractivity contribution in [3.05, 3.63) is 63.7 Å². The lowest BCUT2D eigenvalue weighted by molar-refractivity contribution is -0.137. The maximum absolute atomic E-state index is 13.0. The van der Waals surface area contributed by atoms with Gasteiger partial charge in [-0.15, -0.1) is 0 Å². The minimum atomic E-state index is -4.37. The van der Waals surface area contributed by atoms with E-state index in [9.17, 15) is 23.2 Å². The number of nitriles is 1. The fourth-order valence-corrected chi connectivity index (χ4v) is 5.04. The Morgan fingerprint density at radius 1 is 1.14 bits per heavy atom. The van der Waals surface area contributed by atoms with Gasteiger partial charge in [-0.25, -0.2) is 9.78 Å². The van der Waals surface area contributed by atoms with Gasteiger partial charge in [0, 0.05) is 38.3 Å². The maximum Gasteiger partial charge on any atom is 0.416 e. The molecule has 2 unspecified atom stereocenters. The van der Waals surface area contributed by atoms with Crippen LogP contribution in [0.2, 0.25) is 0 Å². The molecule has 0 N–H and O–H groups in total.